The van der Waals surface area contributed by atoms with E-state index in [9.17, 15) is 35.9 Å². The van der Waals surface area contributed by atoms with Crippen molar-refractivity contribution in [1.29, 1.82) is 0 Å². The van der Waals surface area contributed by atoms with Gasteiger partial charge in [0.2, 0.25) is 9.84 Å². The van der Waals surface area contributed by atoms with Crippen LogP contribution in [0.1, 0.15) is 24.3 Å². The lowest BCUT2D eigenvalue weighted by atomic mass is 10.2. The summed E-state index contributed by atoms with van der Waals surface area (Å²) >= 11 is 0. The Morgan fingerprint density at radius 3 is 2.48 bits per heavy atom. The second kappa shape index (κ2) is 10.3. The number of anilines is 1. The largest absolute Gasteiger partial charge is 0.573 e. The van der Waals surface area contributed by atoms with Crippen LogP contribution >= 0.6 is 0 Å². The summed E-state index contributed by atoms with van der Waals surface area (Å²) in [5.41, 5.74) is 5.01. The summed E-state index contributed by atoms with van der Waals surface area (Å²) in [7, 11) is -4.58. The van der Waals surface area contributed by atoms with Crippen LogP contribution in [0.2, 0.25) is 0 Å². The number of benzene rings is 1. The Morgan fingerprint density at radius 1 is 1.27 bits per heavy atom. The Balaban J connectivity index is 2.18. The zero-order chi connectivity index (χ0) is 25.0. The molecule has 0 aliphatic carbocycles. The van der Waals surface area contributed by atoms with Crippen molar-refractivity contribution < 1.29 is 45.4 Å². The first kappa shape index (κ1) is 26.3. The molecule has 4 N–H and O–H groups in total. The Bertz CT molecular complexity index is 1110. The van der Waals surface area contributed by atoms with E-state index < -0.39 is 49.6 Å². The maximum Gasteiger partial charge on any atom is 0.573 e. The first-order valence-electron chi connectivity index (χ1n) is 9.34. The molecule has 1 heterocycles. The number of nitrogens with two attached hydrogens (primary N) is 1. The van der Waals surface area contributed by atoms with Gasteiger partial charge in [-0.15, -0.1) is 13.2 Å². The summed E-state index contributed by atoms with van der Waals surface area (Å²) < 4.78 is 85.1. The molecule has 9 nitrogen and oxygen atoms in total. The third-order valence-corrected chi connectivity index (χ3v) is 5.72. The third kappa shape index (κ3) is 7.27. The number of pyridine rings is 1. The highest BCUT2D eigenvalue weighted by molar-refractivity contribution is 7.91. The quantitative estimate of drug-likeness (QED) is 0.449. The molecule has 1 atom stereocenters. The van der Waals surface area contributed by atoms with E-state index in [1.807, 2.05) is 0 Å². The third-order valence-electron chi connectivity index (χ3n) is 3.96. The number of halogens is 4. The second-order valence-corrected chi connectivity index (χ2v) is 8.92. The summed E-state index contributed by atoms with van der Waals surface area (Å²) in [6.07, 6.45) is -5.47. The average molecular weight is 495 g/mol. The highest BCUT2D eigenvalue weighted by atomic mass is 32.2. The van der Waals surface area contributed by atoms with Crippen LogP contribution in [0, 0.1) is 5.82 Å². The van der Waals surface area contributed by atoms with Gasteiger partial charge < -0.3 is 25.6 Å². The van der Waals surface area contributed by atoms with Crippen molar-refractivity contribution >= 4 is 21.4 Å². The van der Waals surface area contributed by atoms with E-state index in [0.717, 1.165) is 12.3 Å². The summed E-state index contributed by atoms with van der Waals surface area (Å²) in [5, 5.41) is 12.1. The van der Waals surface area contributed by atoms with Gasteiger partial charge in [0.25, 0.3) is 5.91 Å². The van der Waals surface area contributed by atoms with Gasteiger partial charge in [0.05, 0.1) is 29.4 Å². The summed E-state index contributed by atoms with van der Waals surface area (Å²) in [4.78, 5) is 14.4. The highest BCUT2D eigenvalue weighted by Gasteiger charge is 2.32. The van der Waals surface area contributed by atoms with Crippen molar-refractivity contribution in [2.75, 3.05) is 18.9 Å². The van der Waals surface area contributed by atoms with Gasteiger partial charge in [0.15, 0.2) is 5.69 Å². The standard InChI is InChI=1S/C19H21F4N3O6S/c1-10(2)31-9-11(27)7-26-18(28)17-15(24)6-13(8-25-17)33(29,30)16-4-3-12(5-14(16)20)32-19(21,22)23/h3-6,8,10-11,27H,7,9,24H2,1-2H3,(H,26,28). The highest BCUT2D eigenvalue weighted by Crippen LogP contribution is 2.29. The van der Waals surface area contributed by atoms with Gasteiger partial charge in [-0.3, -0.25) is 4.79 Å². The molecule has 0 aliphatic rings. The molecular weight excluding hydrogens is 474 g/mol. The van der Waals surface area contributed by atoms with E-state index in [2.05, 4.69) is 15.0 Å². The van der Waals surface area contributed by atoms with Gasteiger partial charge in [0.1, 0.15) is 16.5 Å². The summed E-state index contributed by atoms with van der Waals surface area (Å²) in [6.45, 7) is 3.31. The monoisotopic (exact) mass is 495 g/mol. The number of nitrogen functional groups attached to an aromatic ring is 1. The van der Waals surface area contributed by atoms with Crippen LogP contribution in [0.3, 0.4) is 0 Å². The Labute approximate surface area is 186 Å². The zero-order valence-electron chi connectivity index (χ0n) is 17.4. The van der Waals surface area contributed by atoms with E-state index in [1.54, 1.807) is 13.8 Å². The van der Waals surface area contributed by atoms with Crippen molar-refractivity contribution in [1.82, 2.24) is 10.3 Å². The Kier molecular flexibility index (Phi) is 8.21. The molecule has 0 aliphatic heterocycles. The van der Waals surface area contributed by atoms with E-state index in [1.165, 1.54) is 0 Å². The van der Waals surface area contributed by atoms with E-state index in [4.69, 9.17) is 10.5 Å². The molecule has 1 unspecified atom stereocenters. The number of sulfone groups is 1. The van der Waals surface area contributed by atoms with Crippen molar-refractivity contribution in [2.24, 2.45) is 0 Å². The number of amides is 1. The van der Waals surface area contributed by atoms with Gasteiger partial charge in [-0.25, -0.2) is 17.8 Å². The van der Waals surface area contributed by atoms with Gasteiger partial charge in [0, 0.05) is 18.8 Å². The molecule has 0 radical (unpaired) electrons. The van der Waals surface area contributed by atoms with Crippen molar-refractivity contribution in [3.8, 4) is 5.75 Å². The number of nitrogens with zero attached hydrogens (tertiary/aromatic N) is 1. The lowest BCUT2D eigenvalue weighted by Crippen LogP contribution is -2.35. The zero-order valence-corrected chi connectivity index (χ0v) is 18.2. The number of alkyl halides is 3. The van der Waals surface area contributed by atoms with Crippen molar-refractivity contribution in [2.45, 2.75) is 42.2 Å². The fourth-order valence-electron chi connectivity index (χ4n) is 2.48. The number of aliphatic hydroxyl groups is 1. The predicted octanol–water partition coefficient (Wildman–Crippen LogP) is 2.05. The normalized spacial score (nSPS) is 13.1. The number of nitrogens with one attached hydrogen (secondary N) is 1. The number of ether oxygens (including phenoxy) is 2. The molecule has 2 rings (SSSR count). The minimum atomic E-state index is -5.08. The first-order valence-corrected chi connectivity index (χ1v) is 10.8. The summed E-state index contributed by atoms with van der Waals surface area (Å²) in [5.74, 6) is -3.24. The number of hydrogen-bond acceptors (Lipinski definition) is 8. The molecule has 1 aromatic carbocycles. The van der Waals surface area contributed by atoms with Crippen LogP contribution in [0.4, 0.5) is 23.2 Å². The maximum absolute atomic E-state index is 14.2. The summed E-state index contributed by atoms with van der Waals surface area (Å²) in [6, 6.07) is 2.36. The van der Waals surface area contributed by atoms with Crippen molar-refractivity contribution in [3.05, 3.63) is 42.0 Å². The minimum absolute atomic E-state index is 0.0313. The number of carbonyl (C=O) groups excluding carboxylic acids is 1. The van der Waals surface area contributed by atoms with Gasteiger partial charge in [-0.1, -0.05) is 0 Å². The molecule has 182 valence electrons. The molecule has 14 heteroatoms. The fraction of sp³-hybridized carbons (Fsp3) is 0.368. The molecule has 0 spiro atoms. The van der Waals surface area contributed by atoms with Gasteiger partial charge in [-0.05, 0) is 32.0 Å². The topological polar surface area (TPSA) is 141 Å². The number of hydrogen-bond donors (Lipinski definition) is 3. The van der Waals surface area contributed by atoms with Crippen molar-refractivity contribution in [3.63, 3.8) is 0 Å². The predicted molar refractivity (Wildman–Crippen MR) is 107 cm³/mol. The smallest absolute Gasteiger partial charge is 0.406 e. The average Bonchev–Trinajstić information content (AvgIpc) is 2.68. The maximum atomic E-state index is 14.2. The molecule has 0 saturated carbocycles. The van der Waals surface area contributed by atoms with E-state index in [-0.39, 0.29) is 36.7 Å². The molecule has 33 heavy (non-hydrogen) atoms. The van der Waals surface area contributed by atoms with Crippen LogP contribution in [0.25, 0.3) is 0 Å². The number of aromatic nitrogens is 1. The first-order chi connectivity index (χ1) is 15.2. The molecule has 0 fully saturated rings. The van der Waals surface area contributed by atoms with Crippen LogP contribution in [-0.2, 0) is 14.6 Å². The van der Waals surface area contributed by atoms with Crippen LogP contribution in [-0.4, -0.2) is 56.1 Å². The van der Waals surface area contributed by atoms with Gasteiger partial charge in [-0.2, -0.15) is 0 Å². The van der Waals surface area contributed by atoms with E-state index >= 15 is 0 Å². The molecule has 1 amide bonds. The van der Waals surface area contributed by atoms with Crippen LogP contribution < -0.4 is 15.8 Å². The Morgan fingerprint density at radius 2 is 1.94 bits per heavy atom. The van der Waals surface area contributed by atoms with Crippen LogP contribution in [0.15, 0.2) is 40.3 Å². The molecule has 0 saturated heterocycles. The van der Waals surface area contributed by atoms with Crippen LogP contribution in [0.5, 0.6) is 5.75 Å². The number of carbonyl (C=O) groups is 1. The molecule has 1 aromatic heterocycles. The molecule has 2 aromatic rings. The lowest BCUT2D eigenvalue weighted by Gasteiger charge is -2.14. The molecule has 0 bridgehead atoms. The number of aliphatic hydroxyl groups excluding tert-OH is 1. The second-order valence-electron chi connectivity index (χ2n) is 7.00. The number of rotatable bonds is 9. The van der Waals surface area contributed by atoms with Gasteiger partial charge >= 0.3 is 6.36 Å². The lowest BCUT2D eigenvalue weighted by molar-refractivity contribution is -0.274. The Hall–Kier alpha value is -2.97. The minimum Gasteiger partial charge on any atom is -0.406 e. The molecular formula is C19H21F4N3O6S. The SMILES string of the molecule is CC(C)OCC(O)CNC(=O)c1ncc(S(=O)(=O)c2ccc(OC(F)(F)F)cc2F)cc1N. The fourth-order valence-corrected chi connectivity index (χ4v) is 3.77. The van der Waals surface area contributed by atoms with E-state index in [0.29, 0.717) is 12.1 Å².